The molecule has 1 aromatic carbocycles. The van der Waals surface area contributed by atoms with Crippen LogP contribution in [0.4, 0.5) is 31.1 Å². The molecule has 1 N–H and O–H groups in total. The summed E-state index contributed by atoms with van der Waals surface area (Å²) in [5.74, 6) is -5.37. The van der Waals surface area contributed by atoms with Gasteiger partial charge in [-0.05, 0) is 50.3 Å². The Kier molecular flexibility index (Phi) is 8.20. The number of rotatable bonds is 6. The molecule has 1 unspecified atom stereocenters. The highest BCUT2D eigenvalue weighted by atomic mass is 32.1. The number of alkyl halides is 3. The SMILES string of the molecule is CC(C)(C)OC(=O)NC(CC(=O)N1CCn2c(C(F)(F)F)nc(-c3cccs3)c2C1)Cc1cc(F)c(F)cc1F. The van der Waals surface area contributed by atoms with Gasteiger partial charge in [0.1, 0.15) is 17.1 Å². The first-order valence-electron chi connectivity index (χ1n) is 12.2. The van der Waals surface area contributed by atoms with Crippen LogP contribution >= 0.6 is 11.3 Å². The van der Waals surface area contributed by atoms with E-state index in [1.54, 1.807) is 38.3 Å². The van der Waals surface area contributed by atoms with Crippen molar-refractivity contribution >= 4 is 23.3 Å². The fourth-order valence-corrected chi connectivity index (χ4v) is 5.12. The number of halogens is 6. The van der Waals surface area contributed by atoms with Gasteiger partial charge in [-0.15, -0.1) is 11.3 Å². The molecule has 0 aliphatic carbocycles. The Morgan fingerprint density at radius 1 is 1.10 bits per heavy atom. The van der Waals surface area contributed by atoms with Gasteiger partial charge in [0.25, 0.3) is 0 Å². The molecule has 14 heteroatoms. The Morgan fingerprint density at radius 3 is 2.42 bits per heavy atom. The van der Waals surface area contributed by atoms with Gasteiger partial charge in [0.05, 0.1) is 17.1 Å². The smallest absolute Gasteiger partial charge is 0.444 e. The highest BCUT2D eigenvalue weighted by Crippen LogP contribution is 2.37. The zero-order valence-corrected chi connectivity index (χ0v) is 22.6. The van der Waals surface area contributed by atoms with E-state index >= 15 is 0 Å². The molecule has 3 heterocycles. The molecular formula is C26H26F6N4O3S. The average molecular weight is 589 g/mol. The van der Waals surface area contributed by atoms with Crippen LogP contribution in [0.25, 0.3) is 10.6 Å². The fraction of sp³-hybridized carbons (Fsp3) is 0.423. The van der Waals surface area contributed by atoms with Gasteiger partial charge < -0.3 is 19.5 Å². The molecule has 0 fully saturated rings. The maximum Gasteiger partial charge on any atom is 0.449 e. The van der Waals surface area contributed by atoms with Crippen molar-refractivity contribution in [2.45, 2.75) is 64.5 Å². The second kappa shape index (κ2) is 11.1. The standard InChI is InChI=1S/C26H26F6N4O3S/c1-25(2,3)39-24(38)33-15(9-14-10-17(28)18(29)12-16(14)27)11-21(37)35-6-7-36-19(13-35)22(20-5-4-8-40-20)34-23(36)26(30,31)32/h4-5,8,10,12,15H,6-7,9,11,13H2,1-3H3,(H,33,38). The van der Waals surface area contributed by atoms with Gasteiger partial charge in [-0.25, -0.2) is 22.9 Å². The normalized spacial score (nSPS) is 14.6. The molecule has 216 valence electrons. The first kappa shape index (κ1) is 29.4. The van der Waals surface area contributed by atoms with E-state index in [9.17, 15) is 35.9 Å². The number of fused-ring (bicyclic) bond motifs is 1. The lowest BCUT2D eigenvalue weighted by Crippen LogP contribution is -2.45. The zero-order chi connectivity index (χ0) is 29.4. The van der Waals surface area contributed by atoms with Crippen LogP contribution in [0.1, 0.15) is 44.3 Å². The Bertz CT molecular complexity index is 1400. The van der Waals surface area contributed by atoms with Crippen molar-refractivity contribution in [3.63, 3.8) is 0 Å². The van der Waals surface area contributed by atoms with E-state index < -0.39 is 59.5 Å². The van der Waals surface area contributed by atoms with Crippen LogP contribution in [0.5, 0.6) is 0 Å². The number of carbonyl (C=O) groups excluding carboxylic acids is 2. The van der Waals surface area contributed by atoms with Crippen molar-refractivity contribution in [3.05, 3.63) is 64.2 Å². The molecule has 0 radical (unpaired) electrons. The second-order valence-electron chi connectivity index (χ2n) is 10.3. The lowest BCUT2D eigenvalue weighted by Gasteiger charge is -2.31. The number of ether oxygens (including phenoxy) is 1. The lowest BCUT2D eigenvalue weighted by atomic mass is 10.0. The van der Waals surface area contributed by atoms with Crippen molar-refractivity contribution in [2.24, 2.45) is 0 Å². The van der Waals surface area contributed by atoms with Crippen LogP contribution in [-0.4, -0.2) is 44.6 Å². The summed E-state index contributed by atoms with van der Waals surface area (Å²) in [6, 6.07) is 3.22. The van der Waals surface area contributed by atoms with Crippen LogP contribution < -0.4 is 5.32 Å². The molecule has 2 amide bonds. The van der Waals surface area contributed by atoms with Crippen molar-refractivity contribution in [1.29, 1.82) is 0 Å². The van der Waals surface area contributed by atoms with Gasteiger partial charge in [-0.3, -0.25) is 4.79 Å². The largest absolute Gasteiger partial charge is 0.449 e. The summed E-state index contributed by atoms with van der Waals surface area (Å²) in [7, 11) is 0. The molecular weight excluding hydrogens is 562 g/mol. The minimum absolute atomic E-state index is 0.0755. The number of nitrogens with zero attached hydrogens (tertiary/aromatic N) is 3. The van der Waals surface area contributed by atoms with E-state index in [4.69, 9.17) is 4.74 Å². The first-order chi connectivity index (χ1) is 18.6. The van der Waals surface area contributed by atoms with Crippen LogP contribution in [0.15, 0.2) is 29.6 Å². The number of carbonyl (C=O) groups is 2. The van der Waals surface area contributed by atoms with Gasteiger partial charge in [-0.2, -0.15) is 13.2 Å². The number of hydrogen-bond acceptors (Lipinski definition) is 5. The third kappa shape index (κ3) is 6.77. The number of nitrogens with one attached hydrogen (secondary N) is 1. The quantitative estimate of drug-likeness (QED) is 0.287. The number of amides is 2. The molecule has 4 rings (SSSR count). The lowest BCUT2D eigenvalue weighted by molar-refractivity contribution is -0.148. The summed E-state index contributed by atoms with van der Waals surface area (Å²) in [5, 5.41) is 4.17. The van der Waals surface area contributed by atoms with Crippen LogP contribution in [0.3, 0.4) is 0 Å². The highest BCUT2D eigenvalue weighted by molar-refractivity contribution is 7.13. The summed E-state index contributed by atoms with van der Waals surface area (Å²) in [6.07, 6.45) is -6.40. The molecule has 3 aromatic rings. The van der Waals surface area contributed by atoms with Crippen molar-refractivity contribution in [2.75, 3.05) is 6.54 Å². The number of benzene rings is 1. The van der Waals surface area contributed by atoms with Crippen molar-refractivity contribution < 1.29 is 40.7 Å². The molecule has 2 aromatic heterocycles. The molecule has 1 aliphatic heterocycles. The Morgan fingerprint density at radius 2 is 1.80 bits per heavy atom. The summed E-state index contributed by atoms with van der Waals surface area (Å²) in [5.41, 5.74) is -0.852. The van der Waals surface area contributed by atoms with E-state index in [2.05, 4.69) is 10.3 Å². The number of aromatic nitrogens is 2. The molecule has 1 aliphatic rings. The minimum Gasteiger partial charge on any atom is -0.444 e. The third-order valence-corrected chi connectivity index (χ3v) is 6.94. The van der Waals surface area contributed by atoms with Crippen LogP contribution in [0, 0.1) is 17.5 Å². The first-order valence-corrected chi connectivity index (χ1v) is 13.1. The topological polar surface area (TPSA) is 76.5 Å². The molecule has 0 bridgehead atoms. The monoisotopic (exact) mass is 588 g/mol. The van der Waals surface area contributed by atoms with E-state index in [0.29, 0.717) is 17.0 Å². The number of thiophene rings is 1. The molecule has 40 heavy (non-hydrogen) atoms. The third-order valence-electron chi connectivity index (χ3n) is 6.07. The van der Waals surface area contributed by atoms with E-state index in [-0.39, 0.29) is 43.0 Å². The van der Waals surface area contributed by atoms with Gasteiger partial charge in [-0.1, -0.05) is 6.07 Å². The summed E-state index contributed by atoms with van der Waals surface area (Å²) >= 11 is 1.21. The maximum atomic E-state index is 14.4. The molecule has 7 nitrogen and oxygen atoms in total. The summed E-state index contributed by atoms with van der Waals surface area (Å²) in [4.78, 5) is 31.5. The van der Waals surface area contributed by atoms with Crippen LogP contribution in [0.2, 0.25) is 0 Å². The Labute approximate surface area is 229 Å². The van der Waals surface area contributed by atoms with Crippen molar-refractivity contribution in [1.82, 2.24) is 19.8 Å². The fourth-order valence-electron chi connectivity index (χ4n) is 4.38. The number of alkyl carbamates (subject to hydrolysis) is 1. The van der Waals surface area contributed by atoms with Gasteiger partial charge in [0, 0.05) is 31.6 Å². The molecule has 1 atom stereocenters. The molecule has 0 spiro atoms. The Hall–Kier alpha value is -3.55. The van der Waals surface area contributed by atoms with E-state index in [0.717, 1.165) is 4.57 Å². The van der Waals surface area contributed by atoms with E-state index in [1.807, 2.05) is 0 Å². The molecule has 0 saturated carbocycles. The number of hydrogen-bond donors (Lipinski definition) is 1. The van der Waals surface area contributed by atoms with Crippen LogP contribution in [-0.2, 0) is 35.2 Å². The van der Waals surface area contributed by atoms with Gasteiger partial charge >= 0.3 is 12.3 Å². The second-order valence-corrected chi connectivity index (χ2v) is 11.2. The van der Waals surface area contributed by atoms with Gasteiger partial charge in [0.15, 0.2) is 11.6 Å². The number of imidazole rings is 1. The summed E-state index contributed by atoms with van der Waals surface area (Å²) < 4.78 is 89.0. The Balaban J connectivity index is 1.58. The van der Waals surface area contributed by atoms with E-state index in [1.165, 1.54) is 16.2 Å². The maximum absolute atomic E-state index is 14.4. The van der Waals surface area contributed by atoms with Crippen molar-refractivity contribution in [3.8, 4) is 10.6 Å². The van der Waals surface area contributed by atoms with Gasteiger partial charge in [0.2, 0.25) is 11.7 Å². The zero-order valence-electron chi connectivity index (χ0n) is 21.7. The highest BCUT2D eigenvalue weighted by Gasteiger charge is 2.41. The predicted octanol–water partition coefficient (Wildman–Crippen LogP) is 5.92. The molecule has 0 saturated heterocycles. The average Bonchev–Trinajstić information content (AvgIpc) is 3.48. The predicted molar refractivity (Wildman–Crippen MR) is 134 cm³/mol. The minimum atomic E-state index is -4.70. The summed E-state index contributed by atoms with van der Waals surface area (Å²) in [6.45, 7) is 4.40.